The summed E-state index contributed by atoms with van der Waals surface area (Å²) in [5, 5.41) is 0.243. The highest BCUT2D eigenvalue weighted by atomic mass is 32.2. The van der Waals surface area contributed by atoms with Crippen molar-refractivity contribution in [2.75, 3.05) is 5.84 Å². The molecule has 0 saturated heterocycles. The van der Waals surface area contributed by atoms with Crippen LogP contribution in [0.1, 0.15) is 11.1 Å². The Kier molecular flexibility index (Phi) is 4.42. The van der Waals surface area contributed by atoms with Crippen molar-refractivity contribution in [1.82, 2.24) is 9.66 Å². The van der Waals surface area contributed by atoms with E-state index < -0.39 is 23.1 Å². The molecule has 9 heteroatoms. The predicted octanol–water partition coefficient (Wildman–Crippen LogP) is 3.56. The van der Waals surface area contributed by atoms with Gasteiger partial charge in [0.15, 0.2) is 5.16 Å². The fraction of sp³-hybridized carbons (Fsp3) is 0.125. The number of halogens is 4. The lowest BCUT2D eigenvalue weighted by atomic mass is 10.1. The van der Waals surface area contributed by atoms with Crippen LogP contribution in [0.15, 0.2) is 52.4 Å². The number of nitrogens with two attached hydrogens (primary N) is 1. The van der Waals surface area contributed by atoms with Crippen LogP contribution in [0.4, 0.5) is 17.6 Å². The monoisotopic (exact) mass is 369 g/mol. The molecule has 0 saturated carbocycles. The Labute approximate surface area is 143 Å². The molecule has 3 aromatic rings. The Hall–Kier alpha value is -2.55. The number of rotatable bonds is 3. The first-order chi connectivity index (χ1) is 11.8. The fourth-order valence-electron chi connectivity index (χ4n) is 2.24. The van der Waals surface area contributed by atoms with E-state index in [9.17, 15) is 22.4 Å². The van der Waals surface area contributed by atoms with Crippen molar-refractivity contribution in [2.24, 2.45) is 0 Å². The Morgan fingerprint density at radius 1 is 1.16 bits per heavy atom. The highest BCUT2D eigenvalue weighted by Gasteiger charge is 2.30. The fourth-order valence-corrected chi connectivity index (χ4v) is 3.10. The van der Waals surface area contributed by atoms with E-state index in [1.165, 1.54) is 18.2 Å². The highest BCUT2D eigenvalue weighted by molar-refractivity contribution is 7.98. The van der Waals surface area contributed by atoms with Crippen LogP contribution in [0.5, 0.6) is 0 Å². The molecule has 25 heavy (non-hydrogen) atoms. The zero-order valence-corrected chi connectivity index (χ0v) is 13.4. The van der Waals surface area contributed by atoms with Crippen LogP contribution in [-0.2, 0) is 11.9 Å². The molecular weight excluding hydrogens is 358 g/mol. The molecule has 2 N–H and O–H groups in total. The van der Waals surface area contributed by atoms with E-state index in [4.69, 9.17) is 5.84 Å². The second kappa shape index (κ2) is 6.40. The third-order valence-electron chi connectivity index (χ3n) is 3.45. The van der Waals surface area contributed by atoms with Gasteiger partial charge in [-0.25, -0.2) is 14.1 Å². The molecule has 0 bridgehead atoms. The maximum atomic E-state index is 13.3. The molecule has 130 valence electrons. The largest absolute Gasteiger partial charge is 0.416 e. The Morgan fingerprint density at radius 2 is 1.92 bits per heavy atom. The number of nitrogen functional groups attached to an aromatic ring is 1. The Morgan fingerprint density at radius 3 is 2.64 bits per heavy atom. The second-order valence-electron chi connectivity index (χ2n) is 5.22. The number of hydrogen-bond donors (Lipinski definition) is 1. The third kappa shape index (κ3) is 3.60. The first-order valence-electron chi connectivity index (χ1n) is 7.02. The van der Waals surface area contributed by atoms with Gasteiger partial charge in [-0.2, -0.15) is 13.2 Å². The lowest BCUT2D eigenvalue weighted by Gasteiger charge is -2.10. The van der Waals surface area contributed by atoms with Crippen molar-refractivity contribution in [3.05, 3.63) is 69.8 Å². The number of aromatic nitrogens is 2. The topological polar surface area (TPSA) is 60.9 Å². The SMILES string of the molecule is Nn1c(SCc2cccc(C(F)(F)F)c2)nc2cc(F)ccc2c1=O. The van der Waals surface area contributed by atoms with Crippen LogP contribution >= 0.6 is 11.8 Å². The summed E-state index contributed by atoms with van der Waals surface area (Å²) in [6.07, 6.45) is -4.44. The number of fused-ring (bicyclic) bond motifs is 1. The van der Waals surface area contributed by atoms with Crippen molar-refractivity contribution in [2.45, 2.75) is 17.1 Å². The molecule has 0 atom stereocenters. The van der Waals surface area contributed by atoms with E-state index >= 15 is 0 Å². The molecule has 4 nitrogen and oxygen atoms in total. The van der Waals surface area contributed by atoms with Gasteiger partial charge in [0.25, 0.3) is 5.56 Å². The predicted molar refractivity (Wildman–Crippen MR) is 87.1 cm³/mol. The molecule has 3 rings (SSSR count). The molecule has 0 aliphatic heterocycles. The van der Waals surface area contributed by atoms with E-state index in [0.29, 0.717) is 5.56 Å². The van der Waals surface area contributed by atoms with E-state index in [1.807, 2.05) is 0 Å². The maximum absolute atomic E-state index is 13.3. The summed E-state index contributed by atoms with van der Waals surface area (Å²) in [7, 11) is 0. The summed E-state index contributed by atoms with van der Waals surface area (Å²) >= 11 is 0.991. The second-order valence-corrected chi connectivity index (χ2v) is 6.16. The zero-order valence-electron chi connectivity index (χ0n) is 12.5. The minimum absolute atomic E-state index is 0.0838. The van der Waals surface area contributed by atoms with Crippen LogP contribution in [0.2, 0.25) is 0 Å². The first kappa shape index (κ1) is 17.3. The quantitative estimate of drug-likeness (QED) is 0.332. The molecule has 0 amide bonds. The van der Waals surface area contributed by atoms with Gasteiger partial charge in [-0.1, -0.05) is 30.0 Å². The minimum atomic E-state index is -4.44. The van der Waals surface area contributed by atoms with Crippen molar-refractivity contribution in [1.29, 1.82) is 0 Å². The van der Waals surface area contributed by atoms with Gasteiger partial charge in [-0.3, -0.25) is 4.79 Å². The van der Waals surface area contributed by atoms with Gasteiger partial charge in [-0.15, -0.1) is 0 Å². The molecule has 0 spiro atoms. The summed E-state index contributed by atoms with van der Waals surface area (Å²) in [5.74, 6) is 5.26. The summed E-state index contributed by atoms with van der Waals surface area (Å²) in [6, 6.07) is 8.34. The van der Waals surface area contributed by atoms with Crippen molar-refractivity contribution in [3.8, 4) is 0 Å². The molecule has 1 heterocycles. The van der Waals surface area contributed by atoms with Gasteiger partial charge in [0.05, 0.1) is 16.5 Å². The van der Waals surface area contributed by atoms with Gasteiger partial charge in [0, 0.05) is 11.8 Å². The lowest BCUT2D eigenvalue weighted by molar-refractivity contribution is -0.137. The van der Waals surface area contributed by atoms with Gasteiger partial charge in [0.2, 0.25) is 0 Å². The van der Waals surface area contributed by atoms with Gasteiger partial charge >= 0.3 is 6.18 Å². The molecule has 0 unspecified atom stereocenters. The number of alkyl halides is 3. The number of thioether (sulfide) groups is 1. The van der Waals surface area contributed by atoms with E-state index in [2.05, 4.69) is 4.98 Å². The number of hydrogen-bond acceptors (Lipinski definition) is 4. The first-order valence-corrected chi connectivity index (χ1v) is 8.00. The van der Waals surface area contributed by atoms with Crippen LogP contribution in [0.25, 0.3) is 10.9 Å². The van der Waals surface area contributed by atoms with Gasteiger partial charge in [-0.05, 0) is 23.8 Å². The van der Waals surface area contributed by atoms with Crippen molar-refractivity contribution in [3.63, 3.8) is 0 Å². The standard InChI is InChI=1S/C16H11F4N3OS/c17-11-4-5-12-13(7-11)22-15(23(21)14(12)24)25-8-9-2-1-3-10(6-9)16(18,19)20/h1-7H,8,21H2. The molecule has 1 aromatic heterocycles. The van der Waals surface area contributed by atoms with Crippen LogP contribution in [-0.4, -0.2) is 9.66 Å². The van der Waals surface area contributed by atoms with Gasteiger partial charge < -0.3 is 5.84 Å². The zero-order chi connectivity index (χ0) is 18.2. The molecule has 0 aliphatic rings. The summed E-state index contributed by atoms with van der Waals surface area (Å²) in [4.78, 5) is 16.3. The van der Waals surface area contributed by atoms with Crippen LogP contribution in [0, 0.1) is 5.82 Å². The number of nitrogens with zero attached hydrogens (tertiary/aromatic N) is 2. The number of benzene rings is 2. The average Bonchev–Trinajstić information content (AvgIpc) is 2.56. The summed E-state index contributed by atoms with van der Waals surface area (Å²) in [5.41, 5.74) is -0.785. The summed E-state index contributed by atoms with van der Waals surface area (Å²) < 4.78 is 52.3. The molecular formula is C16H11F4N3OS. The molecule has 0 radical (unpaired) electrons. The maximum Gasteiger partial charge on any atom is 0.416 e. The average molecular weight is 369 g/mol. The summed E-state index contributed by atoms with van der Waals surface area (Å²) in [6.45, 7) is 0. The highest BCUT2D eigenvalue weighted by Crippen LogP contribution is 2.31. The Balaban J connectivity index is 1.91. The van der Waals surface area contributed by atoms with E-state index in [1.54, 1.807) is 0 Å². The van der Waals surface area contributed by atoms with Crippen LogP contribution in [0.3, 0.4) is 0 Å². The molecule has 0 aliphatic carbocycles. The van der Waals surface area contributed by atoms with Crippen LogP contribution < -0.4 is 11.4 Å². The van der Waals surface area contributed by atoms with Crippen molar-refractivity contribution < 1.29 is 17.6 Å². The minimum Gasteiger partial charge on any atom is -0.334 e. The normalized spacial score (nSPS) is 11.8. The lowest BCUT2D eigenvalue weighted by Crippen LogP contribution is -2.29. The Bertz CT molecular complexity index is 1000. The molecule has 0 fully saturated rings. The van der Waals surface area contributed by atoms with Crippen molar-refractivity contribution >= 4 is 22.7 Å². The third-order valence-corrected chi connectivity index (χ3v) is 4.48. The smallest absolute Gasteiger partial charge is 0.334 e. The van der Waals surface area contributed by atoms with E-state index in [-0.39, 0.29) is 21.8 Å². The van der Waals surface area contributed by atoms with E-state index in [0.717, 1.165) is 40.7 Å². The van der Waals surface area contributed by atoms with Gasteiger partial charge in [0.1, 0.15) is 5.82 Å². The molecule has 2 aromatic carbocycles.